The van der Waals surface area contributed by atoms with Gasteiger partial charge in [-0.15, -0.1) is 0 Å². The summed E-state index contributed by atoms with van der Waals surface area (Å²) in [5, 5.41) is 3.41. The third-order valence-electron chi connectivity index (χ3n) is 2.96. The fraction of sp³-hybridized carbons (Fsp3) is 1.00. The Balaban J connectivity index is 2.09. The Bertz CT molecular complexity index is 141. The summed E-state index contributed by atoms with van der Waals surface area (Å²) in [6.07, 6.45) is 2.71. The number of likely N-dealkylation sites (N-methyl/N-ethyl adjacent to an activating group) is 2. The summed E-state index contributed by atoms with van der Waals surface area (Å²) < 4.78 is 0. The fourth-order valence-electron chi connectivity index (χ4n) is 1.97. The van der Waals surface area contributed by atoms with Crippen LogP contribution in [-0.2, 0) is 0 Å². The van der Waals surface area contributed by atoms with Crippen LogP contribution in [0.15, 0.2) is 0 Å². The van der Waals surface area contributed by atoms with Crippen molar-refractivity contribution in [2.24, 2.45) is 5.92 Å². The van der Waals surface area contributed by atoms with Crippen LogP contribution >= 0.6 is 0 Å². The van der Waals surface area contributed by atoms with Gasteiger partial charge in [-0.3, -0.25) is 0 Å². The summed E-state index contributed by atoms with van der Waals surface area (Å²) >= 11 is 0. The third kappa shape index (κ3) is 4.94. The molecule has 1 aliphatic heterocycles. The van der Waals surface area contributed by atoms with E-state index in [1.807, 2.05) is 0 Å². The van der Waals surface area contributed by atoms with Crippen molar-refractivity contribution in [2.45, 2.75) is 12.8 Å². The van der Waals surface area contributed by atoms with Crippen LogP contribution in [0, 0.1) is 5.92 Å². The number of piperidine rings is 1. The highest BCUT2D eigenvalue weighted by molar-refractivity contribution is 4.71. The molecule has 0 saturated carbocycles. The van der Waals surface area contributed by atoms with Crippen LogP contribution in [0.1, 0.15) is 12.8 Å². The summed E-state index contributed by atoms with van der Waals surface area (Å²) in [5.41, 5.74) is 0. The average Bonchev–Trinajstić information content (AvgIpc) is 2.16. The second-order valence-corrected chi connectivity index (χ2v) is 4.76. The summed E-state index contributed by atoms with van der Waals surface area (Å²) in [5.74, 6) is 0.920. The zero-order chi connectivity index (χ0) is 10.4. The molecule has 0 atom stereocenters. The molecule has 1 N–H and O–H groups in total. The molecule has 1 saturated heterocycles. The molecule has 1 aliphatic rings. The molecule has 1 fully saturated rings. The van der Waals surface area contributed by atoms with Crippen LogP contribution in [0.25, 0.3) is 0 Å². The highest BCUT2D eigenvalue weighted by atomic mass is 15.1. The Morgan fingerprint density at radius 3 is 2.29 bits per heavy atom. The molecule has 3 heteroatoms. The zero-order valence-electron chi connectivity index (χ0n) is 9.92. The summed E-state index contributed by atoms with van der Waals surface area (Å²) in [4.78, 5) is 4.72. The largest absolute Gasteiger partial charge is 0.317 e. The molecule has 0 amide bonds. The molecule has 0 radical (unpaired) electrons. The van der Waals surface area contributed by atoms with E-state index < -0.39 is 0 Å². The maximum absolute atomic E-state index is 3.41. The molecule has 0 bridgehead atoms. The van der Waals surface area contributed by atoms with Crippen molar-refractivity contribution in [1.82, 2.24) is 15.1 Å². The smallest absolute Gasteiger partial charge is 0.0106 e. The van der Waals surface area contributed by atoms with Gasteiger partial charge in [0, 0.05) is 19.6 Å². The van der Waals surface area contributed by atoms with Crippen LogP contribution in [0.3, 0.4) is 0 Å². The first-order chi connectivity index (χ1) is 6.68. The molecule has 0 aromatic rings. The number of nitrogens with one attached hydrogen (secondary N) is 1. The second-order valence-electron chi connectivity index (χ2n) is 4.76. The molecule has 0 unspecified atom stereocenters. The van der Waals surface area contributed by atoms with E-state index in [1.54, 1.807) is 0 Å². The molecule has 14 heavy (non-hydrogen) atoms. The normalized spacial score (nSPS) is 19.5. The second kappa shape index (κ2) is 6.38. The average molecular weight is 199 g/mol. The Hall–Kier alpha value is -0.120. The van der Waals surface area contributed by atoms with Crippen molar-refractivity contribution in [3.8, 4) is 0 Å². The van der Waals surface area contributed by atoms with E-state index in [9.17, 15) is 0 Å². The van der Waals surface area contributed by atoms with Crippen molar-refractivity contribution in [1.29, 1.82) is 0 Å². The summed E-state index contributed by atoms with van der Waals surface area (Å²) in [6.45, 7) is 6.06. The molecular weight excluding hydrogens is 174 g/mol. The minimum atomic E-state index is 0.920. The summed E-state index contributed by atoms with van der Waals surface area (Å²) in [7, 11) is 6.52. The SMILES string of the molecule is CN(C)CCN(C)CC1CCNCC1. The van der Waals surface area contributed by atoms with Crippen molar-refractivity contribution < 1.29 is 0 Å². The van der Waals surface area contributed by atoms with E-state index >= 15 is 0 Å². The van der Waals surface area contributed by atoms with Gasteiger partial charge >= 0.3 is 0 Å². The molecule has 84 valence electrons. The van der Waals surface area contributed by atoms with Gasteiger partial charge in [0.25, 0.3) is 0 Å². The third-order valence-corrected chi connectivity index (χ3v) is 2.96. The molecule has 1 rings (SSSR count). The van der Waals surface area contributed by atoms with Gasteiger partial charge in [-0.2, -0.15) is 0 Å². The van der Waals surface area contributed by atoms with Gasteiger partial charge in [0.1, 0.15) is 0 Å². The van der Waals surface area contributed by atoms with E-state index in [0.717, 1.165) is 5.92 Å². The van der Waals surface area contributed by atoms with Crippen molar-refractivity contribution >= 4 is 0 Å². The number of hydrogen-bond acceptors (Lipinski definition) is 3. The first-order valence-corrected chi connectivity index (χ1v) is 5.72. The van der Waals surface area contributed by atoms with Crippen LogP contribution in [0.4, 0.5) is 0 Å². The lowest BCUT2D eigenvalue weighted by Crippen LogP contribution is -2.37. The van der Waals surface area contributed by atoms with Gasteiger partial charge < -0.3 is 15.1 Å². The van der Waals surface area contributed by atoms with Gasteiger partial charge in [0.05, 0.1) is 0 Å². The Morgan fingerprint density at radius 2 is 1.71 bits per heavy atom. The molecular formula is C11H25N3. The van der Waals surface area contributed by atoms with Gasteiger partial charge in [-0.25, -0.2) is 0 Å². The quantitative estimate of drug-likeness (QED) is 0.695. The lowest BCUT2D eigenvalue weighted by molar-refractivity contribution is 0.221. The minimum absolute atomic E-state index is 0.920. The number of hydrogen-bond donors (Lipinski definition) is 1. The summed E-state index contributed by atoms with van der Waals surface area (Å²) in [6, 6.07) is 0. The first-order valence-electron chi connectivity index (χ1n) is 5.72. The Labute approximate surface area is 88.5 Å². The van der Waals surface area contributed by atoms with E-state index in [1.165, 1.54) is 45.6 Å². The van der Waals surface area contributed by atoms with Crippen LogP contribution in [-0.4, -0.2) is 63.7 Å². The fourth-order valence-corrected chi connectivity index (χ4v) is 1.97. The van der Waals surface area contributed by atoms with Crippen LogP contribution in [0.2, 0.25) is 0 Å². The maximum atomic E-state index is 3.41. The Kier molecular flexibility index (Phi) is 5.45. The molecule has 0 spiro atoms. The Morgan fingerprint density at radius 1 is 1.07 bits per heavy atom. The van der Waals surface area contributed by atoms with Gasteiger partial charge in [-0.1, -0.05) is 0 Å². The monoisotopic (exact) mass is 199 g/mol. The van der Waals surface area contributed by atoms with Crippen molar-refractivity contribution in [2.75, 3.05) is 53.9 Å². The molecule has 0 aromatic carbocycles. The standard InChI is InChI=1S/C11H25N3/c1-13(2)8-9-14(3)10-11-4-6-12-7-5-11/h11-12H,4-10H2,1-3H3. The number of nitrogens with zero attached hydrogens (tertiary/aromatic N) is 2. The van der Waals surface area contributed by atoms with Gasteiger partial charge in [0.15, 0.2) is 0 Å². The molecule has 3 nitrogen and oxygen atoms in total. The lowest BCUT2D eigenvalue weighted by atomic mass is 9.98. The maximum Gasteiger partial charge on any atom is 0.0106 e. The first kappa shape index (κ1) is 12.0. The zero-order valence-corrected chi connectivity index (χ0v) is 9.92. The van der Waals surface area contributed by atoms with Gasteiger partial charge in [0.2, 0.25) is 0 Å². The topological polar surface area (TPSA) is 18.5 Å². The van der Waals surface area contributed by atoms with Crippen molar-refractivity contribution in [3.63, 3.8) is 0 Å². The number of rotatable bonds is 5. The molecule has 0 aliphatic carbocycles. The lowest BCUT2D eigenvalue weighted by Gasteiger charge is -2.28. The van der Waals surface area contributed by atoms with Gasteiger partial charge in [-0.05, 0) is 53.0 Å². The molecule has 1 heterocycles. The van der Waals surface area contributed by atoms with Crippen LogP contribution in [0.5, 0.6) is 0 Å². The minimum Gasteiger partial charge on any atom is -0.317 e. The molecule has 0 aromatic heterocycles. The highest BCUT2D eigenvalue weighted by Gasteiger charge is 2.14. The van der Waals surface area contributed by atoms with E-state index in [2.05, 4.69) is 36.3 Å². The van der Waals surface area contributed by atoms with Crippen molar-refractivity contribution in [3.05, 3.63) is 0 Å². The predicted octanol–water partition coefficient (Wildman–Crippen LogP) is 0.479. The predicted molar refractivity (Wildman–Crippen MR) is 61.6 cm³/mol. The van der Waals surface area contributed by atoms with E-state index in [4.69, 9.17) is 0 Å². The van der Waals surface area contributed by atoms with E-state index in [-0.39, 0.29) is 0 Å². The van der Waals surface area contributed by atoms with E-state index in [0.29, 0.717) is 0 Å². The highest BCUT2D eigenvalue weighted by Crippen LogP contribution is 2.12. The van der Waals surface area contributed by atoms with Crippen LogP contribution < -0.4 is 5.32 Å².